The van der Waals surface area contributed by atoms with Crippen LogP contribution in [-0.4, -0.2) is 31.4 Å². The van der Waals surface area contributed by atoms with Gasteiger partial charge >= 0.3 is 6.09 Å². The average molecular weight is 612 g/mol. The molecule has 2 amide bonds. The largest absolute Gasteiger partial charge is 0.495 e. The molecule has 1 spiro atoms. The standard InChI is InChI=1S/C31H29Cl2FN4O4/c1-30(2,3)14-25-31(21-7-6-18(32)13-23(21)36-28(31)39)26(17-10-19(33)12-20(34)11-17)27(38-25)42-29(40)37-22-8-5-16(15-35)9-24(22)41-4/h5-13,25-27,38H,14H2,1-4H3,(H,36,39)(H,37,40)/t25-,26-,27+,31+/m0/s1. The van der Waals surface area contributed by atoms with Crippen LogP contribution in [0.15, 0.2) is 54.6 Å². The molecule has 0 saturated carbocycles. The first-order valence-electron chi connectivity index (χ1n) is 13.2. The third-order valence-electron chi connectivity index (χ3n) is 7.62. The quantitative estimate of drug-likeness (QED) is 0.287. The summed E-state index contributed by atoms with van der Waals surface area (Å²) in [5.41, 5.74) is 0.653. The van der Waals surface area contributed by atoms with Gasteiger partial charge < -0.3 is 14.8 Å². The second kappa shape index (κ2) is 11.1. The van der Waals surface area contributed by atoms with E-state index in [-0.39, 0.29) is 27.8 Å². The van der Waals surface area contributed by atoms with Gasteiger partial charge in [-0.2, -0.15) is 5.26 Å². The van der Waals surface area contributed by atoms with Gasteiger partial charge in [-0.1, -0.05) is 50.0 Å². The lowest BCUT2D eigenvalue weighted by Gasteiger charge is -2.37. The van der Waals surface area contributed by atoms with Crippen molar-refractivity contribution in [2.45, 2.75) is 50.8 Å². The number of carbonyl (C=O) groups is 2. The van der Waals surface area contributed by atoms with Crippen LogP contribution in [0.3, 0.4) is 0 Å². The zero-order valence-electron chi connectivity index (χ0n) is 23.3. The number of benzene rings is 3. The molecule has 218 valence electrons. The molecule has 0 radical (unpaired) electrons. The first-order chi connectivity index (χ1) is 19.8. The summed E-state index contributed by atoms with van der Waals surface area (Å²) in [6.45, 7) is 6.14. The molecule has 2 heterocycles. The smallest absolute Gasteiger partial charge is 0.413 e. The predicted molar refractivity (Wildman–Crippen MR) is 159 cm³/mol. The fraction of sp³-hybridized carbons (Fsp3) is 0.323. The molecule has 11 heteroatoms. The molecular weight excluding hydrogens is 582 g/mol. The molecule has 0 aromatic heterocycles. The number of methoxy groups -OCH3 is 1. The van der Waals surface area contributed by atoms with E-state index in [4.69, 9.17) is 32.7 Å². The summed E-state index contributed by atoms with van der Waals surface area (Å²) in [6.07, 6.45) is -1.41. The predicted octanol–water partition coefficient (Wildman–Crippen LogP) is 6.97. The van der Waals surface area contributed by atoms with Gasteiger partial charge in [0, 0.05) is 27.8 Å². The van der Waals surface area contributed by atoms with Crippen LogP contribution in [0.25, 0.3) is 0 Å². The van der Waals surface area contributed by atoms with Gasteiger partial charge in [0.05, 0.1) is 30.3 Å². The van der Waals surface area contributed by atoms with E-state index in [1.54, 1.807) is 24.3 Å². The number of anilines is 2. The van der Waals surface area contributed by atoms with E-state index in [1.165, 1.54) is 37.4 Å². The number of halogens is 3. The Kier molecular flexibility index (Phi) is 7.84. The molecule has 8 nitrogen and oxygen atoms in total. The maximum Gasteiger partial charge on any atom is 0.413 e. The molecule has 0 bridgehead atoms. The van der Waals surface area contributed by atoms with Gasteiger partial charge in [-0.3, -0.25) is 15.4 Å². The highest BCUT2D eigenvalue weighted by atomic mass is 35.5. The number of hydrogen-bond donors (Lipinski definition) is 3. The summed E-state index contributed by atoms with van der Waals surface area (Å²) in [4.78, 5) is 27.5. The Morgan fingerprint density at radius 1 is 1.12 bits per heavy atom. The van der Waals surface area contributed by atoms with Gasteiger partial charge in [0.15, 0.2) is 6.23 Å². The van der Waals surface area contributed by atoms with E-state index in [1.807, 2.05) is 26.8 Å². The highest BCUT2D eigenvalue weighted by Crippen LogP contribution is 2.57. The summed E-state index contributed by atoms with van der Waals surface area (Å²) >= 11 is 12.6. The Morgan fingerprint density at radius 3 is 2.55 bits per heavy atom. The van der Waals surface area contributed by atoms with E-state index < -0.39 is 35.5 Å². The zero-order valence-corrected chi connectivity index (χ0v) is 24.9. The van der Waals surface area contributed by atoms with Gasteiger partial charge in [-0.05, 0) is 65.4 Å². The van der Waals surface area contributed by atoms with Crippen LogP contribution in [0.2, 0.25) is 10.0 Å². The number of nitriles is 1. The minimum atomic E-state index is -1.30. The minimum Gasteiger partial charge on any atom is -0.495 e. The van der Waals surface area contributed by atoms with Crippen LogP contribution in [0, 0.1) is 22.6 Å². The molecule has 4 atom stereocenters. The summed E-state index contributed by atoms with van der Waals surface area (Å²) < 4.78 is 26.1. The van der Waals surface area contributed by atoms with E-state index in [9.17, 15) is 19.2 Å². The molecule has 1 saturated heterocycles. The summed E-state index contributed by atoms with van der Waals surface area (Å²) in [5.74, 6) is -1.53. The zero-order chi connectivity index (χ0) is 30.4. The number of rotatable bonds is 5. The molecule has 1 fully saturated rings. The number of hydrogen-bond acceptors (Lipinski definition) is 6. The number of fused-ring (bicyclic) bond motifs is 2. The fourth-order valence-electron chi connectivity index (χ4n) is 6.11. The maximum atomic E-state index is 14.8. The molecule has 42 heavy (non-hydrogen) atoms. The normalized spacial score (nSPS) is 22.8. The van der Waals surface area contributed by atoms with Crippen LogP contribution in [-0.2, 0) is 14.9 Å². The highest BCUT2D eigenvalue weighted by molar-refractivity contribution is 6.31. The Balaban J connectivity index is 1.62. The maximum absolute atomic E-state index is 14.8. The van der Waals surface area contributed by atoms with Crippen LogP contribution >= 0.6 is 23.2 Å². The molecular formula is C31H29Cl2FN4O4. The number of ether oxygens (including phenoxy) is 2. The van der Waals surface area contributed by atoms with E-state index in [0.29, 0.717) is 33.8 Å². The third-order valence-corrected chi connectivity index (χ3v) is 8.07. The molecule has 2 aliphatic rings. The first-order valence-corrected chi connectivity index (χ1v) is 14.0. The lowest BCUT2D eigenvalue weighted by atomic mass is 9.63. The second-order valence-corrected chi connectivity index (χ2v) is 12.5. The van der Waals surface area contributed by atoms with Crippen molar-refractivity contribution < 1.29 is 23.5 Å². The molecule has 3 aromatic rings. The Labute approximate surface area is 253 Å². The van der Waals surface area contributed by atoms with Gasteiger partial charge in [-0.15, -0.1) is 0 Å². The Morgan fingerprint density at radius 2 is 1.88 bits per heavy atom. The second-order valence-electron chi connectivity index (χ2n) is 11.7. The van der Waals surface area contributed by atoms with Crippen molar-refractivity contribution in [3.05, 3.63) is 87.2 Å². The number of amides is 2. The van der Waals surface area contributed by atoms with Crippen LogP contribution in [0.5, 0.6) is 5.75 Å². The lowest BCUT2D eigenvalue weighted by Crippen LogP contribution is -2.49. The van der Waals surface area contributed by atoms with E-state index in [2.05, 4.69) is 16.0 Å². The van der Waals surface area contributed by atoms with Gasteiger partial charge in [0.1, 0.15) is 17.0 Å². The van der Waals surface area contributed by atoms with Crippen molar-refractivity contribution in [3.63, 3.8) is 0 Å². The van der Waals surface area contributed by atoms with Crippen molar-refractivity contribution in [1.82, 2.24) is 5.32 Å². The van der Waals surface area contributed by atoms with E-state index in [0.717, 1.165) is 0 Å². The minimum absolute atomic E-state index is 0.139. The van der Waals surface area contributed by atoms with Gasteiger partial charge in [-0.25, -0.2) is 9.18 Å². The van der Waals surface area contributed by atoms with Crippen molar-refractivity contribution in [2.75, 3.05) is 17.7 Å². The van der Waals surface area contributed by atoms with Crippen molar-refractivity contribution in [3.8, 4) is 11.8 Å². The van der Waals surface area contributed by atoms with Gasteiger partial charge in [0.2, 0.25) is 5.91 Å². The topological polar surface area (TPSA) is 112 Å². The molecule has 0 unspecified atom stereocenters. The SMILES string of the molecule is COc1cc(C#N)ccc1NC(=O)O[C@H]1N[C@@H](CC(C)(C)C)[C@@]2(C(=O)Nc3cc(Cl)ccc32)[C@H]1c1cc(F)cc(Cl)c1. The monoisotopic (exact) mass is 610 g/mol. The lowest BCUT2D eigenvalue weighted by molar-refractivity contribution is -0.122. The molecule has 3 N–H and O–H groups in total. The van der Waals surface area contributed by atoms with Crippen LogP contribution < -0.4 is 20.7 Å². The number of nitrogens with zero attached hydrogens (tertiary/aromatic N) is 1. The van der Waals surface area contributed by atoms with Crippen molar-refractivity contribution in [1.29, 1.82) is 5.26 Å². The van der Waals surface area contributed by atoms with Crippen LogP contribution in [0.1, 0.15) is 49.8 Å². The number of nitrogens with one attached hydrogen (secondary N) is 3. The molecule has 3 aromatic carbocycles. The summed E-state index contributed by atoms with van der Waals surface area (Å²) in [6, 6.07) is 15.2. The molecule has 5 rings (SSSR count). The molecule has 0 aliphatic carbocycles. The molecule has 2 aliphatic heterocycles. The first kappa shape index (κ1) is 29.6. The highest BCUT2D eigenvalue weighted by Gasteiger charge is 2.65. The van der Waals surface area contributed by atoms with Gasteiger partial charge in [0.25, 0.3) is 0 Å². The fourth-order valence-corrected chi connectivity index (χ4v) is 6.51. The van der Waals surface area contributed by atoms with Crippen molar-refractivity contribution >= 4 is 46.6 Å². The number of carbonyl (C=O) groups excluding carboxylic acids is 2. The Hall–Kier alpha value is -3.84. The van der Waals surface area contributed by atoms with Crippen molar-refractivity contribution in [2.24, 2.45) is 5.41 Å². The van der Waals surface area contributed by atoms with E-state index >= 15 is 0 Å². The summed E-state index contributed by atoms with van der Waals surface area (Å²) in [7, 11) is 1.42. The Bertz CT molecular complexity index is 1600. The third kappa shape index (κ3) is 5.38. The van der Waals surface area contributed by atoms with Crippen LogP contribution in [0.4, 0.5) is 20.6 Å². The average Bonchev–Trinajstić information content (AvgIpc) is 3.35. The summed E-state index contributed by atoms with van der Waals surface area (Å²) in [5, 5.41) is 18.8.